The number of ether oxygens (including phenoxy) is 1. The van der Waals surface area contributed by atoms with Crippen LogP contribution in [0.4, 0.5) is 0 Å². The molecule has 0 radical (unpaired) electrons. The van der Waals surface area contributed by atoms with E-state index in [1.165, 1.54) is 4.88 Å². The van der Waals surface area contributed by atoms with E-state index in [-0.39, 0.29) is 0 Å². The number of nitrogens with zero attached hydrogens (tertiary/aromatic N) is 1. The van der Waals surface area contributed by atoms with E-state index in [1.807, 2.05) is 30.5 Å². The Morgan fingerprint density at radius 2 is 2.35 bits per heavy atom. The molecule has 0 amide bonds. The zero-order valence-corrected chi connectivity index (χ0v) is 10.5. The molecule has 2 rings (SSSR count). The van der Waals surface area contributed by atoms with Gasteiger partial charge in [-0.1, -0.05) is 6.07 Å². The maximum Gasteiger partial charge on any atom is 0.137 e. The van der Waals surface area contributed by atoms with Crippen molar-refractivity contribution in [3.05, 3.63) is 46.4 Å². The molecule has 0 aliphatic rings. The topological polar surface area (TPSA) is 42.4 Å². The van der Waals surface area contributed by atoms with E-state index in [9.17, 15) is 5.11 Å². The number of aliphatic hydroxyl groups excluding tert-OH is 1. The quantitative estimate of drug-likeness (QED) is 0.886. The Labute approximate surface area is 105 Å². The summed E-state index contributed by atoms with van der Waals surface area (Å²) in [6, 6.07) is 5.85. The number of aromatic nitrogens is 1. The molecule has 1 N–H and O–H groups in total. The second-order valence-electron chi connectivity index (χ2n) is 3.69. The van der Waals surface area contributed by atoms with Crippen molar-refractivity contribution in [2.45, 2.75) is 19.4 Å². The highest BCUT2D eigenvalue weighted by Gasteiger charge is 2.10. The molecule has 2 aromatic rings. The molecular formula is C13H15NO2S. The number of aliphatic hydroxyl groups is 1. The average Bonchev–Trinajstić information content (AvgIpc) is 2.83. The summed E-state index contributed by atoms with van der Waals surface area (Å²) < 4.78 is 5.36. The number of hydrogen-bond donors (Lipinski definition) is 1. The van der Waals surface area contributed by atoms with E-state index in [4.69, 9.17) is 4.74 Å². The van der Waals surface area contributed by atoms with Gasteiger partial charge in [0, 0.05) is 23.1 Å². The minimum absolute atomic E-state index is 0.526. The minimum Gasteiger partial charge on any atom is -0.492 e. The summed E-state index contributed by atoms with van der Waals surface area (Å²) in [6.07, 6.45) is 3.43. The van der Waals surface area contributed by atoms with E-state index >= 15 is 0 Å². The van der Waals surface area contributed by atoms with Crippen LogP contribution in [0.25, 0.3) is 0 Å². The smallest absolute Gasteiger partial charge is 0.137 e. The molecule has 90 valence electrons. The molecule has 2 aromatic heterocycles. The van der Waals surface area contributed by atoms with Gasteiger partial charge in [-0.25, -0.2) is 0 Å². The summed E-state index contributed by atoms with van der Waals surface area (Å²) in [5, 5.41) is 12.1. The standard InChI is InChI=1S/C13H15NO2S/c1-2-16-11-6-10(8-14-9-11)13(15)7-12-4-3-5-17-12/h3-6,8-9,13,15H,2,7H2,1H3. The van der Waals surface area contributed by atoms with Crippen LogP contribution in [0.5, 0.6) is 5.75 Å². The highest BCUT2D eigenvalue weighted by molar-refractivity contribution is 7.09. The lowest BCUT2D eigenvalue weighted by Gasteiger charge is -2.11. The zero-order chi connectivity index (χ0) is 12.1. The lowest BCUT2D eigenvalue weighted by Crippen LogP contribution is -2.02. The van der Waals surface area contributed by atoms with Crippen molar-refractivity contribution in [3.63, 3.8) is 0 Å². The Morgan fingerprint density at radius 3 is 3.06 bits per heavy atom. The van der Waals surface area contributed by atoms with Crippen LogP contribution in [0.3, 0.4) is 0 Å². The maximum absolute atomic E-state index is 10.1. The molecule has 17 heavy (non-hydrogen) atoms. The Kier molecular flexibility index (Phi) is 4.12. The summed E-state index contributed by atoms with van der Waals surface area (Å²) in [5.74, 6) is 0.704. The van der Waals surface area contributed by atoms with Crippen molar-refractivity contribution >= 4 is 11.3 Å². The summed E-state index contributed by atoms with van der Waals surface area (Å²) >= 11 is 1.65. The minimum atomic E-state index is -0.526. The third-order valence-corrected chi connectivity index (χ3v) is 3.30. The lowest BCUT2D eigenvalue weighted by atomic mass is 10.1. The first-order chi connectivity index (χ1) is 8.29. The van der Waals surface area contributed by atoms with Gasteiger partial charge < -0.3 is 9.84 Å². The summed E-state index contributed by atoms with van der Waals surface area (Å²) in [4.78, 5) is 5.24. The fourth-order valence-electron chi connectivity index (χ4n) is 1.60. The molecule has 0 aliphatic heterocycles. The molecule has 4 heteroatoms. The van der Waals surface area contributed by atoms with Crippen molar-refractivity contribution < 1.29 is 9.84 Å². The van der Waals surface area contributed by atoms with Crippen LogP contribution in [0.15, 0.2) is 36.0 Å². The van der Waals surface area contributed by atoms with Crippen LogP contribution >= 0.6 is 11.3 Å². The van der Waals surface area contributed by atoms with Gasteiger partial charge >= 0.3 is 0 Å². The van der Waals surface area contributed by atoms with E-state index in [1.54, 1.807) is 23.7 Å². The Bertz CT molecular complexity index is 456. The highest BCUT2D eigenvalue weighted by atomic mass is 32.1. The largest absolute Gasteiger partial charge is 0.492 e. The fraction of sp³-hybridized carbons (Fsp3) is 0.308. The molecule has 0 aliphatic carbocycles. The summed E-state index contributed by atoms with van der Waals surface area (Å²) in [6.45, 7) is 2.53. The Hall–Kier alpha value is -1.39. The molecule has 0 saturated carbocycles. The summed E-state index contributed by atoms with van der Waals surface area (Å²) in [7, 11) is 0. The van der Waals surface area contributed by atoms with Gasteiger partial charge in [0.25, 0.3) is 0 Å². The maximum atomic E-state index is 10.1. The Balaban J connectivity index is 2.07. The normalized spacial score (nSPS) is 12.4. The number of thiophene rings is 1. The number of rotatable bonds is 5. The van der Waals surface area contributed by atoms with E-state index < -0.39 is 6.10 Å². The second kappa shape index (κ2) is 5.80. The fourth-order valence-corrected chi connectivity index (χ4v) is 2.34. The van der Waals surface area contributed by atoms with Crippen LogP contribution in [-0.4, -0.2) is 16.7 Å². The van der Waals surface area contributed by atoms with Crippen LogP contribution in [-0.2, 0) is 6.42 Å². The predicted molar refractivity (Wildman–Crippen MR) is 68.4 cm³/mol. The molecule has 0 bridgehead atoms. The first-order valence-electron chi connectivity index (χ1n) is 5.57. The lowest BCUT2D eigenvalue weighted by molar-refractivity contribution is 0.178. The van der Waals surface area contributed by atoms with E-state index in [0.29, 0.717) is 18.8 Å². The first kappa shape index (κ1) is 12.1. The van der Waals surface area contributed by atoms with Crippen molar-refractivity contribution in [3.8, 4) is 5.75 Å². The highest BCUT2D eigenvalue weighted by Crippen LogP contribution is 2.23. The molecule has 0 aromatic carbocycles. The Morgan fingerprint density at radius 1 is 1.47 bits per heavy atom. The van der Waals surface area contributed by atoms with Crippen molar-refractivity contribution in [2.75, 3.05) is 6.61 Å². The predicted octanol–water partition coefficient (Wildman–Crippen LogP) is 2.82. The first-order valence-corrected chi connectivity index (χ1v) is 6.45. The monoisotopic (exact) mass is 249 g/mol. The van der Waals surface area contributed by atoms with Crippen LogP contribution in [0.1, 0.15) is 23.5 Å². The SMILES string of the molecule is CCOc1cncc(C(O)Cc2cccs2)c1. The van der Waals surface area contributed by atoms with Gasteiger partial charge in [0.1, 0.15) is 5.75 Å². The van der Waals surface area contributed by atoms with Gasteiger partial charge in [0.2, 0.25) is 0 Å². The van der Waals surface area contributed by atoms with E-state index in [2.05, 4.69) is 4.98 Å². The molecule has 2 heterocycles. The van der Waals surface area contributed by atoms with E-state index in [0.717, 1.165) is 5.56 Å². The van der Waals surface area contributed by atoms with Crippen LogP contribution in [0, 0.1) is 0 Å². The third-order valence-electron chi connectivity index (χ3n) is 2.40. The molecule has 0 saturated heterocycles. The van der Waals surface area contributed by atoms with Crippen molar-refractivity contribution in [1.82, 2.24) is 4.98 Å². The van der Waals surface area contributed by atoms with Crippen LogP contribution < -0.4 is 4.74 Å². The molecule has 0 spiro atoms. The molecular weight excluding hydrogens is 234 g/mol. The second-order valence-corrected chi connectivity index (χ2v) is 4.72. The summed E-state index contributed by atoms with van der Waals surface area (Å²) in [5.41, 5.74) is 0.796. The van der Waals surface area contributed by atoms with Crippen molar-refractivity contribution in [1.29, 1.82) is 0 Å². The van der Waals surface area contributed by atoms with Crippen LogP contribution in [0.2, 0.25) is 0 Å². The van der Waals surface area contributed by atoms with Gasteiger partial charge in [-0.2, -0.15) is 0 Å². The van der Waals surface area contributed by atoms with Gasteiger partial charge in [0.15, 0.2) is 0 Å². The van der Waals surface area contributed by atoms with Gasteiger partial charge in [-0.15, -0.1) is 11.3 Å². The average molecular weight is 249 g/mol. The number of pyridine rings is 1. The third kappa shape index (κ3) is 3.28. The zero-order valence-electron chi connectivity index (χ0n) is 9.67. The molecule has 1 atom stereocenters. The molecule has 0 fully saturated rings. The molecule has 3 nitrogen and oxygen atoms in total. The van der Waals surface area contributed by atoms with Crippen molar-refractivity contribution in [2.24, 2.45) is 0 Å². The molecule has 1 unspecified atom stereocenters. The van der Waals surface area contributed by atoms with Gasteiger partial charge in [-0.3, -0.25) is 4.98 Å². The van der Waals surface area contributed by atoms with Gasteiger partial charge in [0.05, 0.1) is 18.9 Å². The van der Waals surface area contributed by atoms with Gasteiger partial charge in [-0.05, 0) is 24.4 Å². The number of hydrogen-bond acceptors (Lipinski definition) is 4.